The van der Waals surface area contributed by atoms with Crippen molar-refractivity contribution in [3.8, 4) is 0 Å². The van der Waals surface area contributed by atoms with Gasteiger partial charge in [0.1, 0.15) is 5.60 Å². The fraction of sp³-hybridized carbons (Fsp3) is 0.500. The molecule has 1 aromatic carbocycles. The summed E-state index contributed by atoms with van der Waals surface area (Å²) in [5, 5.41) is 10.8. The zero-order valence-electron chi connectivity index (χ0n) is 11.8. The number of aliphatic hydroxyl groups is 1. The minimum atomic E-state index is -1.57. The third kappa shape index (κ3) is 2.36. The van der Waals surface area contributed by atoms with Crippen molar-refractivity contribution < 1.29 is 19.4 Å². The Morgan fingerprint density at radius 3 is 2.55 bits per heavy atom. The van der Waals surface area contributed by atoms with E-state index in [1.807, 2.05) is 13.0 Å². The first kappa shape index (κ1) is 14.7. The Labute approximate surface area is 118 Å². The quantitative estimate of drug-likeness (QED) is 0.855. The van der Waals surface area contributed by atoms with E-state index in [-0.39, 0.29) is 24.8 Å². The molecule has 3 atom stereocenters. The third-order valence-electron chi connectivity index (χ3n) is 4.03. The summed E-state index contributed by atoms with van der Waals surface area (Å²) in [4.78, 5) is 24.5. The molecule has 0 amide bonds. The van der Waals surface area contributed by atoms with E-state index in [0.717, 1.165) is 0 Å². The van der Waals surface area contributed by atoms with Crippen LogP contribution in [0.1, 0.15) is 32.3 Å². The number of ketones is 1. The highest BCUT2D eigenvalue weighted by Crippen LogP contribution is 2.44. The van der Waals surface area contributed by atoms with E-state index >= 15 is 0 Å². The van der Waals surface area contributed by atoms with Gasteiger partial charge in [-0.15, -0.1) is 0 Å². The number of esters is 1. The zero-order valence-corrected chi connectivity index (χ0v) is 11.8. The van der Waals surface area contributed by atoms with Crippen LogP contribution in [0.4, 0.5) is 0 Å². The number of carbonyl (C=O) groups is 2. The van der Waals surface area contributed by atoms with Gasteiger partial charge in [-0.25, -0.2) is 0 Å². The Hall–Kier alpha value is -1.68. The minimum absolute atomic E-state index is 0.104. The molecule has 0 aromatic heterocycles. The van der Waals surface area contributed by atoms with Gasteiger partial charge in [-0.1, -0.05) is 37.3 Å². The van der Waals surface area contributed by atoms with Crippen LogP contribution in [0, 0.1) is 11.8 Å². The topological polar surface area (TPSA) is 63.6 Å². The first-order chi connectivity index (χ1) is 9.54. The van der Waals surface area contributed by atoms with Gasteiger partial charge in [0.05, 0.1) is 12.5 Å². The summed E-state index contributed by atoms with van der Waals surface area (Å²) < 4.78 is 5.03. The molecule has 0 heterocycles. The molecule has 1 N–H and O–H groups in total. The smallest absolute Gasteiger partial charge is 0.309 e. The molecule has 4 nitrogen and oxygen atoms in total. The lowest BCUT2D eigenvalue weighted by Crippen LogP contribution is -2.32. The first-order valence-corrected chi connectivity index (χ1v) is 7.03. The molecule has 4 heteroatoms. The van der Waals surface area contributed by atoms with Crippen LogP contribution >= 0.6 is 0 Å². The highest BCUT2D eigenvalue weighted by atomic mass is 16.5. The fourth-order valence-corrected chi connectivity index (χ4v) is 2.99. The maximum Gasteiger partial charge on any atom is 0.309 e. The van der Waals surface area contributed by atoms with Crippen molar-refractivity contribution in [3.63, 3.8) is 0 Å². The zero-order chi connectivity index (χ0) is 14.8. The van der Waals surface area contributed by atoms with Gasteiger partial charge in [-0.2, -0.15) is 0 Å². The largest absolute Gasteiger partial charge is 0.466 e. The average molecular weight is 276 g/mol. The standard InChI is InChI=1S/C16H20O4/c1-3-12-13(15(18)20-4-2)10-16(19,14(12)17)11-8-6-5-7-9-11/h5-9,12-13,19H,3-4,10H2,1-2H3/t12-,13+,16-/m1/s1. The van der Waals surface area contributed by atoms with E-state index in [2.05, 4.69) is 0 Å². The van der Waals surface area contributed by atoms with E-state index in [1.54, 1.807) is 31.2 Å². The molecular formula is C16H20O4. The third-order valence-corrected chi connectivity index (χ3v) is 4.03. The summed E-state index contributed by atoms with van der Waals surface area (Å²) in [6.45, 7) is 3.87. The molecule has 0 saturated heterocycles. The molecule has 108 valence electrons. The molecule has 0 radical (unpaired) electrons. The summed E-state index contributed by atoms with van der Waals surface area (Å²) >= 11 is 0. The van der Waals surface area contributed by atoms with Crippen LogP contribution in [-0.4, -0.2) is 23.5 Å². The SMILES string of the molecule is CCOC(=O)[C@H]1C[C@@](O)(c2ccccc2)C(=O)[C@@H]1CC. The van der Waals surface area contributed by atoms with E-state index in [9.17, 15) is 14.7 Å². The molecule has 2 rings (SSSR count). The highest BCUT2D eigenvalue weighted by molar-refractivity contribution is 5.97. The monoisotopic (exact) mass is 276 g/mol. The second-order valence-corrected chi connectivity index (χ2v) is 5.17. The van der Waals surface area contributed by atoms with Crippen LogP contribution < -0.4 is 0 Å². The Bertz CT molecular complexity index is 496. The molecule has 1 aromatic rings. The van der Waals surface area contributed by atoms with Crippen molar-refractivity contribution in [1.82, 2.24) is 0 Å². The maximum absolute atomic E-state index is 12.5. The van der Waals surface area contributed by atoms with Crippen LogP contribution in [0.2, 0.25) is 0 Å². The highest BCUT2D eigenvalue weighted by Gasteiger charge is 2.55. The molecule has 1 aliphatic carbocycles. The second kappa shape index (κ2) is 5.75. The Morgan fingerprint density at radius 2 is 2.00 bits per heavy atom. The molecular weight excluding hydrogens is 256 g/mol. The molecule has 20 heavy (non-hydrogen) atoms. The molecule has 0 bridgehead atoms. The maximum atomic E-state index is 12.5. The van der Waals surface area contributed by atoms with Gasteiger partial charge in [-0.3, -0.25) is 9.59 Å². The lowest BCUT2D eigenvalue weighted by Gasteiger charge is -2.21. The van der Waals surface area contributed by atoms with Gasteiger partial charge < -0.3 is 9.84 Å². The number of hydrogen-bond acceptors (Lipinski definition) is 4. The fourth-order valence-electron chi connectivity index (χ4n) is 2.99. The van der Waals surface area contributed by atoms with Crippen LogP contribution in [0.5, 0.6) is 0 Å². The number of Topliss-reactive ketones (excluding diaryl/α,β-unsaturated/α-hetero) is 1. The van der Waals surface area contributed by atoms with Gasteiger partial charge in [-0.05, 0) is 18.9 Å². The molecule has 1 fully saturated rings. The lowest BCUT2D eigenvalue weighted by atomic mass is 9.89. The summed E-state index contributed by atoms with van der Waals surface area (Å²) in [5.74, 6) is -1.69. The second-order valence-electron chi connectivity index (χ2n) is 5.17. The number of benzene rings is 1. The summed E-state index contributed by atoms with van der Waals surface area (Å²) in [5.41, 5.74) is -1.02. The summed E-state index contributed by atoms with van der Waals surface area (Å²) in [7, 11) is 0. The van der Waals surface area contributed by atoms with Gasteiger partial charge in [0.25, 0.3) is 0 Å². The normalized spacial score (nSPS) is 29.4. The van der Waals surface area contributed by atoms with E-state index in [0.29, 0.717) is 12.0 Å². The Balaban J connectivity index is 2.34. The predicted molar refractivity (Wildman–Crippen MR) is 73.9 cm³/mol. The summed E-state index contributed by atoms with van der Waals surface area (Å²) in [6, 6.07) is 8.82. The molecule has 1 saturated carbocycles. The summed E-state index contributed by atoms with van der Waals surface area (Å²) in [6.07, 6.45) is 0.630. The number of rotatable bonds is 4. The number of hydrogen-bond donors (Lipinski definition) is 1. The minimum Gasteiger partial charge on any atom is -0.466 e. The van der Waals surface area contributed by atoms with Crippen LogP contribution in [0.3, 0.4) is 0 Å². The van der Waals surface area contributed by atoms with Gasteiger partial charge in [0.2, 0.25) is 0 Å². The van der Waals surface area contributed by atoms with E-state index in [1.165, 1.54) is 0 Å². The van der Waals surface area contributed by atoms with Gasteiger partial charge in [0.15, 0.2) is 5.78 Å². The Kier molecular flexibility index (Phi) is 4.23. The van der Waals surface area contributed by atoms with Crippen LogP contribution in [0.15, 0.2) is 30.3 Å². The van der Waals surface area contributed by atoms with Gasteiger partial charge >= 0.3 is 5.97 Å². The van der Waals surface area contributed by atoms with E-state index < -0.39 is 17.4 Å². The van der Waals surface area contributed by atoms with Crippen molar-refractivity contribution in [2.75, 3.05) is 6.61 Å². The molecule has 0 aliphatic heterocycles. The molecule has 0 spiro atoms. The van der Waals surface area contributed by atoms with E-state index in [4.69, 9.17) is 4.74 Å². The van der Waals surface area contributed by atoms with Crippen molar-refractivity contribution in [2.45, 2.75) is 32.3 Å². The number of carbonyl (C=O) groups excluding carboxylic acids is 2. The first-order valence-electron chi connectivity index (χ1n) is 7.03. The van der Waals surface area contributed by atoms with Crippen molar-refractivity contribution in [3.05, 3.63) is 35.9 Å². The lowest BCUT2D eigenvalue weighted by molar-refractivity contribution is -0.150. The van der Waals surface area contributed by atoms with Crippen LogP contribution in [0.25, 0.3) is 0 Å². The predicted octanol–water partition coefficient (Wildman–Crippen LogP) is 2.05. The Morgan fingerprint density at radius 1 is 1.35 bits per heavy atom. The molecule has 1 aliphatic rings. The van der Waals surface area contributed by atoms with Crippen LogP contribution in [-0.2, 0) is 19.9 Å². The van der Waals surface area contributed by atoms with Crippen molar-refractivity contribution in [1.29, 1.82) is 0 Å². The number of ether oxygens (including phenoxy) is 1. The van der Waals surface area contributed by atoms with Gasteiger partial charge in [0, 0.05) is 12.3 Å². The average Bonchev–Trinajstić information content (AvgIpc) is 2.73. The van der Waals surface area contributed by atoms with Crippen molar-refractivity contribution >= 4 is 11.8 Å². The molecule has 0 unspecified atom stereocenters. The van der Waals surface area contributed by atoms with Crippen molar-refractivity contribution in [2.24, 2.45) is 11.8 Å².